The molecule has 1 aromatic carbocycles. The van der Waals surface area contributed by atoms with Crippen molar-refractivity contribution in [1.82, 2.24) is 9.97 Å². The van der Waals surface area contributed by atoms with Crippen molar-refractivity contribution < 1.29 is 14.5 Å². The summed E-state index contributed by atoms with van der Waals surface area (Å²) in [6.45, 7) is 3.70. The van der Waals surface area contributed by atoms with Crippen molar-refractivity contribution in [3.63, 3.8) is 0 Å². The Morgan fingerprint density at radius 2 is 1.87 bits per heavy atom. The van der Waals surface area contributed by atoms with Crippen molar-refractivity contribution in [1.29, 1.82) is 0 Å². The van der Waals surface area contributed by atoms with Crippen LogP contribution in [0.1, 0.15) is 53.5 Å². The van der Waals surface area contributed by atoms with Crippen LogP contribution in [-0.4, -0.2) is 27.5 Å². The van der Waals surface area contributed by atoms with Gasteiger partial charge in [0.05, 0.1) is 28.2 Å². The van der Waals surface area contributed by atoms with Crippen molar-refractivity contribution in [3.8, 4) is 11.1 Å². The highest BCUT2D eigenvalue weighted by Crippen LogP contribution is 2.39. The average molecular weight is 420 g/mol. The third-order valence-corrected chi connectivity index (χ3v) is 5.73. The van der Waals surface area contributed by atoms with Crippen molar-refractivity contribution in [2.24, 2.45) is 0 Å². The van der Waals surface area contributed by atoms with E-state index in [1.807, 2.05) is 0 Å². The minimum atomic E-state index is -0.503. The Morgan fingerprint density at radius 3 is 2.55 bits per heavy atom. The Balaban J connectivity index is 2.07. The largest absolute Gasteiger partial charge is 0.462 e. The Kier molecular flexibility index (Phi) is 5.54. The SMILES string of the molecule is CCOC(=O)c1c(C)nc2nc3c(c(N)c2c1-c1ccc([N+](=O)[O-])cc1)CCCCC3. The molecule has 2 heterocycles. The molecule has 0 atom stereocenters. The summed E-state index contributed by atoms with van der Waals surface area (Å²) in [4.78, 5) is 33.0. The van der Waals surface area contributed by atoms with Gasteiger partial charge in [0.25, 0.3) is 5.69 Å². The maximum absolute atomic E-state index is 12.9. The smallest absolute Gasteiger partial charge is 0.340 e. The van der Waals surface area contributed by atoms with E-state index in [-0.39, 0.29) is 12.3 Å². The Hall–Kier alpha value is -3.55. The van der Waals surface area contributed by atoms with E-state index >= 15 is 0 Å². The van der Waals surface area contributed by atoms with E-state index in [1.54, 1.807) is 26.0 Å². The second kappa shape index (κ2) is 8.29. The first-order valence-corrected chi connectivity index (χ1v) is 10.5. The lowest BCUT2D eigenvalue weighted by Crippen LogP contribution is -2.13. The standard InChI is InChI=1S/C23H24N4O4/c1-3-31-23(28)18-13(2)25-22-20(19(18)14-9-11-15(12-10-14)27(29)30)21(24)16-7-5-4-6-8-17(16)26-22/h9-12H,3-8H2,1-2H3,(H2,24,25,26). The molecule has 0 fully saturated rings. The summed E-state index contributed by atoms with van der Waals surface area (Å²) >= 11 is 0. The van der Waals surface area contributed by atoms with Gasteiger partial charge in [-0.25, -0.2) is 14.8 Å². The maximum atomic E-state index is 12.9. The van der Waals surface area contributed by atoms with Crippen molar-refractivity contribution in [2.75, 3.05) is 12.3 Å². The number of carbonyl (C=O) groups excluding carboxylic acids is 1. The van der Waals surface area contributed by atoms with Crippen molar-refractivity contribution >= 4 is 28.4 Å². The van der Waals surface area contributed by atoms with Gasteiger partial charge in [-0.2, -0.15) is 0 Å². The maximum Gasteiger partial charge on any atom is 0.340 e. The molecule has 2 aromatic heterocycles. The van der Waals surface area contributed by atoms with Gasteiger partial charge in [-0.05, 0) is 62.8 Å². The second-order valence-electron chi connectivity index (χ2n) is 7.68. The zero-order valence-corrected chi connectivity index (χ0v) is 17.6. The fourth-order valence-corrected chi connectivity index (χ4v) is 4.27. The number of anilines is 1. The van der Waals surface area contributed by atoms with Crippen LogP contribution in [0.25, 0.3) is 22.2 Å². The van der Waals surface area contributed by atoms with Gasteiger partial charge in [0.1, 0.15) is 0 Å². The minimum Gasteiger partial charge on any atom is -0.462 e. The van der Waals surface area contributed by atoms with Crippen LogP contribution < -0.4 is 5.73 Å². The number of rotatable bonds is 4. The molecular weight excluding hydrogens is 396 g/mol. The van der Waals surface area contributed by atoms with Crippen LogP contribution >= 0.6 is 0 Å². The summed E-state index contributed by atoms with van der Waals surface area (Å²) in [6.07, 6.45) is 4.87. The summed E-state index contributed by atoms with van der Waals surface area (Å²) in [5.41, 5.74) is 11.7. The number of nitro groups is 1. The number of fused-ring (bicyclic) bond motifs is 2. The van der Waals surface area contributed by atoms with Gasteiger partial charge in [0.15, 0.2) is 5.65 Å². The molecule has 0 amide bonds. The lowest BCUT2D eigenvalue weighted by molar-refractivity contribution is -0.384. The number of nitrogens with zero attached hydrogens (tertiary/aromatic N) is 3. The van der Waals surface area contributed by atoms with Gasteiger partial charge in [0.2, 0.25) is 0 Å². The van der Waals surface area contributed by atoms with E-state index in [1.165, 1.54) is 12.1 Å². The molecular formula is C23H24N4O4. The molecule has 0 aliphatic heterocycles. The molecule has 0 bridgehead atoms. The van der Waals surface area contributed by atoms with E-state index in [0.29, 0.717) is 39.1 Å². The van der Waals surface area contributed by atoms with E-state index in [2.05, 4.69) is 4.98 Å². The van der Waals surface area contributed by atoms with Gasteiger partial charge in [0, 0.05) is 29.1 Å². The van der Waals surface area contributed by atoms with Crippen LogP contribution in [0.4, 0.5) is 11.4 Å². The Labute approximate surface area is 179 Å². The van der Waals surface area contributed by atoms with Crippen LogP contribution in [0.3, 0.4) is 0 Å². The first-order chi connectivity index (χ1) is 14.9. The number of nitrogens with two attached hydrogens (primary N) is 1. The molecule has 4 rings (SSSR count). The van der Waals surface area contributed by atoms with Gasteiger partial charge in [-0.3, -0.25) is 10.1 Å². The highest BCUT2D eigenvalue weighted by atomic mass is 16.6. The molecule has 3 aromatic rings. The zero-order chi connectivity index (χ0) is 22.1. The molecule has 8 nitrogen and oxygen atoms in total. The van der Waals surface area contributed by atoms with Crippen LogP contribution in [0, 0.1) is 17.0 Å². The number of hydrogen-bond donors (Lipinski definition) is 1. The minimum absolute atomic E-state index is 0.0310. The van der Waals surface area contributed by atoms with Crippen molar-refractivity contribution in [2.45, 2.75) is 46.0 Å². The van der Waals surface area contributed by atoms with Gasteiger partial charge in [-0.1, -0.05) is 6.42 Å². The number of carbonyl (C=O) groups is 1. The lowest BCUT2D eigenvalue weighted by atomic mass is 9.92. The molecule has 1 aliphatic carbocycles. The van der Waals surface area contributed by atoms with Crippen LogP contribution in [-0.2, 0) is 17.6 Å². The predicted octanol–water partition coefficient (Wildman–Crippen LogP) is 4.54. The highest BCUT2D eigenvalue weighted by molar-refractivity contribution is 6.11. The molecule has 160 valence electrons. The number of nitrogen functional groups attached to an aromatic ring is 1. The van der Waals surface area contributed by atoms with Gasteiger partial charge in [-0.15, -0.1) is 0 Å². The molecule has 0 saturated carbocycles. The number of hydrogen-bond acceptors (Lipinski definition) is 7. The topological polar surface area (TPSA) is 121 Å². The monoisotopic (exact) mass is 420 g/mol. The van der Waals surface area contributed by atoms with Crippen molar-refractivity contribution in [3.05, 3.63) is 56.9 Å². The number of pyridine rings is 2. The molecule has 1 aliphatic rings. The molecule has 0 unspecified atom stereocenters. The normalized spacial score (nSPS) is 13.5. The predicted molar refractivity (Wildman–Crippen MR) is 118 cm³/mol. The van der Waals surface area contributed by atoms with E-state index in [4.69, 9.17) is 15.5 Å². The van der Waals surface area contributed by atoms with Gasteiger partial charge >= 0.3 is 5.97 Å². The Morgan fingerprint density at radius 1 is 1.16 bits per heavy atom. The first kappa shape index (κ1) is 20.7. The number of non-ortho nitro benzene ring substituents is 1. The van der Waals surface area contributed by atoms with Gasteiger partial charge < -0.3 is 10.5 Å². The average Bonchev–Trinajstić information content (AvgIpc) is 2.99. The first-order valence-electron chi connectivity index (χ1n) is 10.5. The van der Waals surface area contributed by atoms with E-state index in [9.17, 15) is 14.9 Å². The lowest BCUT2D eigenvalue weighted by Gasteiger charge is -2.18. The molecule has 0 saturated heterocycles. The molecule has 31 heavy (non-hydrogen) atoms. The van der Waals surface area contributed by atoms with Crippen LogP contribution in [0.5, 0.6) is 0 Å². The number of ether oxygens (including phenoxy) is 1. The fraction of sp³-hybridized carbons (Fsp3) is 0.348. The summed E-state index contributed by atoms with van der Waals surface area (Å²) in [5.74, 6) is -0.503. The number of aromatic nitrogens is 2. The number of benzene rings is 1. The van der Waals surface area contributed by atoms with Crippen LogP contribution in [0.15, 0.2) is 24.3 Å². The fourth-order valence-electron chi connectivity index (χ4n) is 4.27. The quantitative estimate of drug-likeness (QED) is 0.284. The zero-order valence-electron chi connectivity index (χ0n) is 17.6. The number of esters is 1. The number of nitro benzene ring substituents is 1. The number of aryl methyl sites for hydroxylation is 2. The Bertz CT molecular complexity index is 1190. The summed E-state index contributed by atoms with van der Waals surface area (Å²) < 4.78 is 5.31. The summed E-state index contributed by atoms with van der Waals surface area (Å²) in [6, 6.07) is 6.08. The summed E-state index contributed by atoms with van der Waals surface area (Å²) in [5, 5.41) is 11.7. The molecule has 8 heteroatoms. The van der Waals surface area contributed by atoms with E-state index < -0.39 is 10.9 Å². The van der Waals surface area contributed by atoms with Crippen LogP contribution in [0.2, 0.25) is 0 Å². The highest BCUT2D eigenvalue weighted by Gasteiger charge is 2.26. The third kappa shape index (κ3) is 3.69. The molecule has 2 N–H and O–H groups in total. The molecule has 0 radical (unpaired) electrons. The second-order valence-corrected chi connectivity index (χ2v) is 7.68. The van der Waals surface area contributed by atoms with E-state index in [0.717, 1.165) is 43.4 Å². The molecule has 0 spiro atoms. The summed E-state index contributed by atoms with van der Waals surface area (Å²) in [7, 11) is 0. The third-order valence-electron chi connectivity index (χ3n) is 5.73.